The van der Waals surface area contributed by atoms with Gasteiger partial charge in [-0.05, 0) is 31.8 Å². The normalized spacial score (nSPS) is 25.6. The minimum atomic E-state index is -3.43. The molecule has 1 aliphatic rings. The average Bonchev–Trinajstić information content (AvgIpc) is 2.06. The lowest BCUT2D eigenvalue weighted by Gasteiger charge is -2.21. The highest BCUT2D eigenvalue weighted by Crippen LogP contribution is 2.12. The van der Waals surface area contributed by atoms with Crippen molar-refractivity contribution in [3.8, 4) is 0 Å². The highest BCUT2D eigenvalue weighted by Gasteiger charge is 2.20. The Morgan fingerprint density at radius 2 is 2.25 bits per heavy atom. The molecule has 12 heavy (non-hydrogen) atoms. The molecule has 0 aromatic heterocycles. The van der Waals surface area contributed by atoms with Crippen molar-refractivity contribution in [1.29, 1.82) is 0 Å². The molecule has 1 heterocycles. The van der Waals surface area contributed by atoms with Crippen molar-refractivity contribution in [3.05, 3.63) is 0 Å². The molecule has 0 amide bonds. The van der Waals surface area contributed by atoms with Crippen LogP contribution in [0.15, 0.2) is 0 Å². The van der Waals surface area contributed by atoms with E-state index in [-0.39, 0.29) is 11.7 Å². The summed E-state index contributed by atoms with van der Waals surface area (Å²) in [5.41, 5.74) is 0. The van der Waals surface area contributed by atoms with Crippen LogP contribution >= 0.6 is 0 Å². The van der Waals surface area contributed by atoms with Crippen molar-refractivity contribution < 1.29 is 12.8 Å². The third kappa shape index (κ3) is 3.06. The summed E-state index contributed by atoms with van der Waals surface area (Å²) in [5.74, 6) is 0.107. The number of hydrogen-bond acceptors (Lipinski definition) is 3. The molecule has 0 bridgehead atoms. The van der Waals surface area contributed by atoms with E-state index in [1.807, 2.05) is 0 Å². The van der Waals surface area contributed by atoms with Crippen molar-refractivity contribution >= 4 is 9.84 Å². The molecule has 72 valence electrons. The number of nitrogens with one attached hydrogen (secondary N) is 1. The number of piperidine rings is 1. The van der Waals surface area contributed by atoms with Crippen molar-refractivity contribution in [3.63, 3.8) is 0 Å². The Morgan fingerprint density at radius 3 is 2.75 bits per heavy atom. The lowest BCUT2D eigenvalue weighted by Crippen LogP contribution is -2.34. The second kappa shape index (κ2) is 4.18. The van der Waals surface area contributed by atoms with Crippen LogP contribution in [-0.4, -0.2) is 33.3 Å². The van der Waals surface area contributed by atoms with E-state index in [4.69, 9.17) is 0 Å². The number of sulfone groups is 1. The lowest BCUT2D eigenvalue weighted by molar-refractivity contribution is 0.401. The van der Waals surface area contributed by atoms with Crippen molar-refractivity contribution in [2.45, 2.75) is 12.8 Å². The Bertz CT molecular complexity index is 222. The van der Waals surface area contributed by atoms with E-state index in [2.05, 4.69) is 5.32 Å². The molecular weight excluding hydrogens is 181 g/mol. The van der Waals surface area contributed by atoms with Gasteiger partial charge >= 0.3 is 0 Å². The van der Waals surface area contributed by atoms with Crippen LogP contribution in [0, 0.1) is 5.92 Å². The summed E-state index contributed by atoms with van der Waals surface area (Å²) >= 11 is 0. The van der Waals surface area contributed by atoms with Gasteiger partial charge in [0.05, 0.1) is 5.75 Å². The molecule has 1 aliphatic heterocycles. The molecule has 1 rings (SSSR count). The molecular formula is C7H14FNO2S. The Labute approximate surface area is 72.3 Å². The van der Waals surface area contributed by atoms with Crippen molar-refractivity contribution in [2.75, 3.05) is 24.8 Å². The van der Waals surface area contributed by atoms with Crippen molar-refractivity contribution in [1.82, 2.24) is 5.32 Å². The second-order valence-corrected chi connectivity index (χ2v) is 5.27. The first-order chi connectivity index (χ1) is 5.64. The summed E-state index contributed by atoms with van der Waals surface area (Å²) in [7, 11) is -3.43. The van der Waals surface area contributed by atoms with Gasteiger partial charge in [-0.1, -0.05) is 0 Å². The van der Waals surface area contributed by atoms with Crippen LogP contribution in [0.3, 0.4) is 0 Å². The molecule has 5 heteroatoms. The molecule has 0 aromatic carbocycles. The smallest absolute Gasteiger partial charge is 0.190 e. The topological polar surface area (TPSA) is 46.2 Å². The predicted molar refractivity (Wildman–Crippen MR) is 45.4 cm³/mol. The van der Waals surface area contributed by atoms with Gasteiger partial charge in [0.2, 0.25) is 0 Å². The van der Waals surface area contributed by atoms with E-state index in [0.29, 0.717) is 6.54 Å². The number of halogens is 1. The maximum absolute atomic E-state index is 11.9. The van der Waals surface area contributed by atoms with Crippen molar-refractivity contribution in [2.24, 2.45) is 5.92 Å². The van der Waals surface area contributed by atoms with Gasteiger partial charge < -0.3 is 5.32 Å². The molecule has 1 atom stereocenters. The van der Waals surface area contributed by atoms with Crippen LogP contribution in [0.4, 0.5) is 4.39 Å². The van der Waals surface area contributed by atoms with Gasteiger partial charge in [-0.25, -0.2) is 12.8 Å². The van der Waals surface area contributed by atoms with Crippen LogP contribution in [-0.2, 0) is 9.84 Å². The van der Waals surface area contributed by atoms with Crippen LogP contribution in [0.25, 0.3) is 0 Å². The molecule has 1 N–H and O–H groups in total. The minimum absolute atomic E-state index is 0.00347. The molecule has 3 nitrogen and oxygen atoms in total. The molecule has 0 radical (unpaired) electrons. The number of hydrogen-bond donors (Lipinski definition) is 1. The van der Waals surface area contributed by atoms with Crippen LogP contribution in [0.1, 0.15) is 12.8 Å². The minimum Gasteiger partial charge on any atom is -0.316 e. The Kier molecular flexibility index (Phi) is 3.46. The Balaban J connectivity index is 2.39. The largest absolute Gasteiger partial charge is 0.316 e. The summed E-state index contributed by atoms with van der Waals surface area (Å²) in [6.45, 7) is 1.66. The SMILES string of the molecule is O=S(=O)(CF)CC1CCCNC1. The van der Waals surface area contributed by atoms with Gasteiger partial charge in [-0.2, -0.15) is 0 Å². The lowest BCUT2D eigenvalue weighted by atomic mass is 10.0. The Hall–Kier alpha value is -0.160. The number of rotatable bonds is 3. The fourth-order valence-corrected chi connectivity index (χ4v) is 2.56. The summed E-state index contributed by atoms with van der Waals surface area (Å²) in [6.07, 6.45) is 1.89. The summed E-state index contributed by atoms with van der Waals surface area (Å²) < 4.78 is 33.6. The van der Waals surface area contributed by atoms with Crippen LogP contribution < -0.4 is 5.32 Å². The van der Waals surface area contributed by atoms with Gasteiger partial charge in [0.1, 0.15) is 0 Å². The van der Waals surface area contributed by atoms with Crippen LogP contribution in [0.5, 0.6) is 0 Å². The second-order valence-electron chi connectivity index (χ2n) is 3.23. The van der Waals surface area contributed by atoms with Gasteiger partial charge in [-0.15, -0.1) is 0 Å². The van der Waals surface area contributed by atoms with Gasteiger partial charge in [-0.3, -0.25) is 0 Å². The third-order valence-electron chi connectivity index (χ3n) is 2.05. The maximum atomic E-state index is 11.9. The molecule has 0 saturated carbocycles. The summed E-state index contributed by atoms with van der Waals surface area (Å²) in [6, 6.07) is -1.22. The third-order valence-corrected chi connectivity index (χ3v) is 3.37. The molecule has 0 aliphatic carbocycles. The van der Waals surface area contributed by atoms with Crippen LogP contribution in [0.2, 0.25) is 0 Å². The summed E-state index contributed by atoms with van der Waals surface area (Å²) in [5, 5.41) is 3.09. The van der Waals surface area contributed by atoms with Gasteiger partial charge in [0.15, 0.2) is 15.8 Å². The van der Waals surface area contributed by atoms with E-state index in [1.165, 1.54) is 0 Å². The van der Waals surface area contributed by atoms with Gasteiger partial charge in [0, 0.05) is 0 Å². The molecule has 0 spiro atoms. The fourth-order valence-electron chi connectivity index (χ4n) is 1.47. The maximum Gasteiger partial charge on any atom is 0.190 e. The fraction of sp³-hybridized carbons (Fsp3) is 1.00. The molecule has 0 aromatic rings. The van der Waals surface area contributed by atoms with E-state index >= 15 is 0 Å². The molecule has 1 fully saturated rings. The zero-order valence-electron chi connectivity index (χ0n) is 6.92. The molecule has 1 unspecified atom stereocenters. The standard InChI is InChI=1S/C7H14FNO2S/c8-6-12(10,11)5-7-2-1-3-9-4-7/h7,9H,1-6H2. The highest BCUT2D eigenvalue weighted by atomic mass is 32.2. The molecule has 1 saturated heterocycles. The zero-order chi connectivity index (χ0) is 9.03. The quantitative estimate of drug-likeness (QED) is 0.706. The first kappa shape index (κ1) is 9.92. The predicted octanol–water partition coefficient (Wildman–Crippen LogP) is 0.328. The first-order valence-electron chi connectivity index (χ1n) is 4.11. The van der Waals surface area contributed by atoms with E-state index in [1.54, 1.807) is 0 Å². The average molecular weight is 195 g/mol. The van der Waals surface area contributed by atoms with E-state index in [9.17, 15) is 12.8 Å². The van der Waals surface area contributed by atoms with Gasteiger partial charge in [0.25, 0.3) is 0 Å². The first-order valence-corrected chi connectivity index (χ1v) is 5.93. The highest BCUT2D eigenvalue weighted by molar-refractivity contribution is 7.91. The Morgan fingerprint density at radius 1 is 1.50 bits per heavy atom. The van der Waals surface area contributed by atoms with E-state index in [0.717, 1.165) is 19.4 Å². The summed E-state index contributed by atoms with van der Waals surface area (Å²) in [4.78, 5) is 0. The van der Waals surface area contributed by atoms with E-state index < -0.39 is 15.8 Å². The number of alkyl halides is 1. The zero-order valence-corrected chi connectivity index (χ0v) is 7.74. The monoisotopic (exact) mass is 195 g/mol.